The molecule has 41 heavy (non-hydrogen) atoms. The fraction of sp³-hybridized carbons (Fsp3) is 0.613. The molecule has 5 fully saturated rings. The SMILES string of the molecule is C=C(C)[C@@]12O[C@@]3(c4ccccc4)O[C@@H]1[C@@H]1[C@@H]4O[C@]4(CO)[C@@H](O)[C@]4(O)C(=O)C(C)=C[C@H]4[C@@]1(O3)[C@H](C)[C@H]2OC(=O)C(C)C. The zero-order chi connectivity index (χ0) is 29.5. The van der Waals surface area contributed by atoms with E-state index in [1.54, 1.807) is 45.9 Å². The van der Waals surface area contributed by atoms with Crippen LogP contribution in [0.2, 0.25) is 0 Å². The summed E-state index contributed by atoms with van der Waals surface area (Å²) >= 11 is 0. The maximum Gasteiger partial charge on any atom is 0.314 e. The highest BCUT2D eigenvalue weighted by atomic mass is 16.9. The van der Waals surface area contributed by atoms with Gasteiger partial charge in [0.15, 0.2) is 17.0 Å². The van der Waals surface area contributed by atoms with Gasteiger partial charge in [0.1, 0.15) is 30.0 Å². The number of esters is 1. The lowest BCUT2D eigenvalue weighted by Gasteiger charge is -2.61. The molecule has 0 radical (unpaired) electrons. The first-order valence-electron chi connectivity index (χ1n) is 14.2. The molecule has 3 aliphatic carbocycles. The van der Waals surface area contributed by atoms with Crippen LogP contribution in [0.1, 0.15) is 40.2 Å². The molecule has 7 rings (SSSR count). The number of carbonyl (C=O) groups is 2. The van der Waals surface area contributed by atoms with E-state index in [-0.39, 0.29) is 5.57 Å². The lowest BCUT2D eigenvalue weighted by atomic mass is 9.53. The summed E-state index contributed by atoms with van der Waals surface area (Å²) in [5.41, 5.74) is -5.68. The molecule has 0 spiro atoms. The summed E-state index contributed by atoms with van der Waals surface area (Å²) in [4.78, 5) is 26.9. The first kappa shape index (κ1) is 27.4. The zero-order valence-corrected chi connectivity index (χ0v) is 23.7. The zero-order valence-electron chi connectivity index (χ0n) is 23.7. The van der Waals surface area contributed by atoms with Gasteiger partial charge in [0.05, 0.1) is 18.1 Å². The monoisotopic (exact) mass is 568 g/mol. The smallest absolute Gasteiger partial charge is 0.314 e. The fourth-order valence-corrected chi connectivity index (χ4v) is 8.57. The van der Waals surface area contributed by atoms with Gasteiger partial charge in [-0.05, 0) is 25.0 Å². The van der Waals surface area contributed by atoms with Crippen molar-refractivity contribution < 1.29 is 48.6 Å². The van der Waals surface area contributed by atoms with Crippen molar-refractivity contribution in [2.75, 3.05) is 6.61 Å². The molecule has 10 heteroatoms. The molecule has 2 saturated carbocycles. The van der Waals surface area contributed by atoms with Gasteiger partial charge in [-0.1, -0.05) is 63.8 Å². The van der Waals surface area contributed by atoms with Gasteiger partial charge in [0.25, 0.3) is 0 Å². The molecule has 3 bridgehead atoms. The van der Waals surface area contributed by atoms with E-state index in [0.717, 1.165) is 0 Å². The average molecular weight is 569 g/mol. The highest BCUT2D eigenvalue weighted by molar-refractivity contribution is 6.05. The van der Waals surface area contributed by atoms with Crippen molar-refractivity contribution in [3.8, 4) is 0 Å². The van der Waals surface area contributed by atoms with E-state index >= 15 is 0 Å². The van der Waals surface area contributed by atoms with Crippen molar-refractivity contribution in [1.29, 1.82) is 0 Å². The van der Waals surface area contributed by atoms with E-state index < -0.39 is 94.8 Å². The van der Waals surface area contributed by atoms with E-state index in [9.17, 15) is 24.9 Å². The number of hydrogen-bond acceptors (Lipinski definition) is 10. The lowest BCUT2D eigenvalue weighted by molar-refractivity contribution is -0.440. The summed E-state index contributed by atoms with van der Waals surface area (Å²) in [6, 6.07) is 9.03. The Balaban J connectivity index is 1.55. The van der Waals surface area contributed by atoms with E-state index in [1.165, 1.54) is 0 Å². The number of ketones is 1. The summed E-state index contributed by atoms with van der Waals surface area (Å²) in [5, 5.41) is 34.6. The molecule has 6 aliphatic rings. The fourth-order valence-electron chi connectivity index (χ4n) is 8.57. The number of aliphatic hydroxyl groups excluding tert-OH is 2. The first-order chi connectivity index (χ1) is 19.3. The highest BCUT2D eigenvalue weighted by Crippen LogP contribution is 2.74. The number of epoxide rings is 1. The van der Waals surface area contributed by atoms with Crippen LogP contribution in [0.5, 0.6) is 0 Å². The van der Waals surface area contributed by atoms with Gasteiger partial charge < -0.3 is 39.0 Å². The average Bonchev–Trinajstić information content (AvgIpc) is 3.57. The second-order valence-electron chi connectivity index (χ2n) is 13.0. The minimum Gasteiger partial charge on any atom is -0.458 e. The van der Waals surface area contributed by atoms with E-state index in [4.69, 9.17) is 23.7 Å². The van der Waals surface area contributed by atoms with Crippen LogP contribution in [0.25, 0.3) is 0 Å². The van der Waals surface area contributed by atoms with Crippen molar-refractivity contribution >= 4 is 11.8 Å². The van der Waals surface area contributed by atoms with Crippen molar-refractivity contribution in [2.24, 2.45) is 23.7 Å². The summed E-state index contributed by atoms with van der Waals surface area (Å²) in [6.07, 6.45) is -2.93. The van der Waals surface area contributed by atoms with Gasteiger partial charge >= 0.3 is 11.9 Å². The van der Waals surface area contributed by atoms with Gasteiger partial charge in [-0.15, -0.1) is 0 Å². The molecule has 3 saturated heterocycles. The quantitative estimate of drug-likeness (QED) is 0.272. The third-order valence-electron chi connectivity index (χ3n) is 10.6. The predicted octanol–water partition coefficient (Wildman–Crippen LogP) is 1.51. The number of rotatable bonds is 5. The number of hydrogen-bond donors (Lipinski definition) is 3. The third-order valence-corrected chi connectivity index (χ3v) is 10.6. The van der Waals surface area contributed by atoms with Crippen LogP contribution in [0.4, 0.5) is 0 Å². The Kier molecular flexibility index (Phi) is 5.44. The van der Waals surface area contributed by atoms with Gasteiger partial charge in [0.2, 0.25) is 0 Å². The van der Waals surface area contributed by atoms with Crippen LogP contribution in [-0.2, 0) is 39.2 Å². The molecular weight excluding hydrogens is 532 g/mol. The Hall–Kier alpha value is -2.44. The molecule has 3 heterocycles. The number of ether oxygens (including phenoxy) is 5. The minimum atomic E-state index is -2.39. The van der Waals surface area contributed by atoms with E-state index in [1.807, 2.05) is 25.1 Å². The van der Waals surface area contributed by atoms with Crippen LogP contribution in [0.15, 0.2) is 54.1 Å². The Labute approximate surface area is 237 Å². The molecule has 1 aromatic carbocycles. The molecule has 220 valence electrons. The summed E-state index contributed by atoms with van der Waals surface area (Å²) in [7, 11) is 0. The van der Waals surface area contributed by atoms with Crippen molar-refractivity contribution in [3.05, 3.63) is 59.7 Å². The Morgan fingerprint density at radius 2 is 1.83 bits per heavy atom. The third kappa shape index (κ3) is 2.87. The summed E-state index contributed by atoms with van der Waals surface area (Å²) < 4.78 is 33.1. The molecule has 0 amide bonds. The van der Waals surface area contributed by atoms with Gasteiger partial charge in [0, 0.05) is 23.3 Å². The number of Topliss-reactive ketones (excluding diaryl/α,β-unsaturated/α-hetero) is 1. The minimum absolute atomic E-state index is 0.244. The largest absolute Gasteiger partial charge is 0.458 e. The maximum absolute atomic E-state index is 13.7. The molecule has 1 aromatic rings. The Morgan fingerprint density at radius 3 is 2.44 bits per heavy atom. The summed E-state index contributed by atoms with van der Waals surface area (Å²) in [6.45, 7) is 12.3. The molecular formula is C31H36O10. The van der Waals surface area contributed by atoms with Crippen molar-refractivity contribution in [2.45, 2.75) is 87.4 Å². The molecule has 0 unspecified atom stereocenters. The molecule has 10 nitrogen and oxygen atoms in total. The van der Waals surface area contributed by atoms with E-state index in [0.29, 0.717) is 11.1 Å². The van der Waals surface area contributed by atoms with Gasteiger partial charge in [-0.25, -0.2) is 0 Å². The van der Waals surface area contributed by atoms with Crippen LogP contribution in [-0.4, -0.2) is 80.5 Å². The highest BCUT2D eigenvalue weighted by Gasteiger charge is 2.90. The maximum atomic E-state index is 13.7. The van der Waals surface area contributed by atoms with Gasteiger partial charge in [-0.2, -0.15) is 0 Å². The number of fused-ring (bicyclic) bond motifs is 3. The van der Waals surface area contributed by atoms with Crippen LogP contribution >= 0.6 is 0 Å². The summed E-state index contributed by atoms with van der Waals surface area (Å²) in [5.74, 6) is -6.04. The molecule has 3 N–H and O–H groups in total. The number of aliphatic hydroxyl groups is 3. The van der Waals surface area contributed by atoms with Gasteiger partial charge in [-0.3, -0.25) is 9.59 Å². The topological polar surface area (TPSA) is 144 Å². The molecule has 0 aromatic heterocycles. The Morgan fingerprint density at radius 1 is 1.15 bits per heavy atom. The normalized spacial score (nSPS) is 50.5. The molecule has 12 atom stereocenters. The second kappa shape index (κ2) is 8.13. The second-order valence-corrected chi connectivity index (χ2v) is 13.0. The van der Waals surface area contributed by atoms with E-state index in [2.05, 4.69) is 6.58 Å². The van der Waals surface area contributed by atoms with Crippen LogP contribution in [0.3, 0.4) is 0 Å². The van der Waals surface area contributed by atoms with Crippen LogP contribution in [0, 0.1) is 23.7 Å². The first-order valence-corrected chi connectivity index (χ1v) is 14.2. The van der Waals surface area contributed by atoms with Crippen LogP contribution < -0.4 is 0 Å². The Bertz CT molecular complexity index is 1390. The standard InChI is InChI=1S/C31H36O10/c1-14(2)25(34)37-22-17(6)30-19-12-16(5)21(33)28(19,36)26(35)27(13-32)23(38-27)20(30)24-29(22,15(3)4)40-31(39-24,41-30)18-10-8-7-9-11-18/h7-12,14,17,19-20,22-24,26,32,35-36H,3,13H2,1-2,4-6H3/t17-,19-,20+,22-,23+,24-,26-,27+,28-,29+,30+,31-/m1/s1. The lowest BCUT2D eigenvalue weighted by Crippen LogP contribution is -2.76. The van der Waals surface area contributed by atoms with Crippen molar-refractivity contribution in [1.82, 2.24) is 0 Å². The predicted molar refractivity (Wildman–Crippen MR) is 141 cm³/mol. The molecule has 3 aliphatic heterocycles. The van der Waals surface area contributed by atoms with Crippen molar-refractivity contribution in [3.63, 3.8) is 0 Å². The number of carbonyl (C=O) groups excluding carboxylic acids is 2. The number of benzene rings is 1.